The van der Waals surface area contributed by atoms with E-state index >= 15 is 0 Å². The average molecular weight is 417 g/mol. The van der Waals surface area contributed by atoms with Gasteiger partial charge in [0.25, 0.3) is 15.9 Å². The molecule has 1 aliphatic heterocycles. The van der Waals surface area contributed by atoms with Crippen molar-refractivity contribution < 1.29 is 27.5 Å². The molecular weight excluding hydrogens is 400 g/mol. The van der Waals surface area contributed by atoms with Crippen molar-refractivity contribution in [3.8, 4) is 0 Å². The number of carbonyl (C=O) groups excluding carboxylic acids is 1. The van der Waals surface area contributed by atoms with Crippen molar-refractivity contribution in [3.05, 3.63) is 34.3 Å². The van der Waals surface area contributed by atoms with Gasteiger partial charge in [0.2, 0.25) is 10.9 Å². The lowest BCUT2D eigenvalue weighted by atomic mass is 10.2. The first-order valence-electron chi connectivity index (χ1n) is 7.94. The van der Waals surface area contributed by atoms with Crippen molar-refractivity contribution in [2.24, 2.45) is 7.05 Å². The fourth-order valence-electron chi connectivity index (χ4n) is 2.86. The number of aromatic carboxylic acids is 1. The van der Waals surface area contributed by atoms with Gasteiger partial charge >= 0.3 is 5.97 Å². The van der Waals surface area contributed by atoms with Crippen LogP contribution in [0.5, 0.6) is 0 Å². The van der Waals surface area contributed by atoms with E-state index in [0.717, 1.165) is 16.4 Å². The highest BCUT2D eigenvalue weighted by molar-refractivity contribution is 7.89. The molecule has 2 aromatic heterocycles. The minimum atomic E-state index is -3.98. The van der Waals surface area contributed by atoms with Crippen molar-refractivity contribution in [3.63, 3.8) is 0 Å². The Bertz CT molecular complexity index is 1000. The molecule has 27 heavy (non-hydrogen) atoms. The minimum absolute atomic E-state index is 0.0497. The summed E-state index contributed by atoms with van der Waals surface area (Å²) in [6, 6.07) is 2.19. The third-order valence-corrected chi connectivity index (χ3v) is 6.48. The predicted octanol–water partition coefficient (Wildman–Crippen LogP) is 0.820. The molecule has 3 rings (SSSR count). The minimum Gasteiger partial charge on any atom is -0.475 e. The summed E-state index contributed by atoms with van der Waals surface area (Å²) in [5.41, 5.74) is 0.798. The number of halogens is 1. The van der Waals surface area contributed by atoms with E-state index in [2.05, 4.69) is 5.10 Å². The summed E-state index contributed by atoms with van der Waals surface area (Å²) < 4.78 is 32.6. The highest BCUT2D eigenvalue weighted by atomic mass is 35.5. The molecule has 0 unspecified atom stereocenters. The van der Waals surface area contributed by atoms with Crippen LogP contribution in [-0.2, 0) is 17.1 Å². The van der Waals surface area contributed by atoms with Gasteiger partial charge in [-0.05, 0) is 19.1 Å². The predicted molar refractivity (Wildman–Crippen MR) is 93.3 cm³/mol. The molecule has 0 radical (unpaired) electrons. The summed E-state index contributed by atoms with van der Waals surface area (Å²) in [5, 5.41) is 12.8. The summed E-state index contributed by atoms with van der Waals surface area (Å²) >= 11 is 6.12. The monoisotopic (exact) mass is 416 g/mol. The molecule has 0 aromatic carbocycles. The number of hydrogen-bond donors (Lipinski definition) is 1. The van der Waals surface area contributed by atoms with Crippen molar-refractivity contribution >= 4 is 33.5 Å². The van der Waals surface area contributed by atoms with Gasteiger partial charge in [-0.2, -0.15) is 9.40 Å². The fourth-order valence-corrected chi connectivity index (χ4v) is 4.45. The van der Waals surface area contributed by atoms with E-state index in [-0.39, 0.29) is 37.2 Å². The van der Waals surface area contributed by atoms with Gasteiger partial charge < -0.3 is 14.4 Å². The second kappa shape index (κ2) is 6.98. The number of rotatable bonds is 4. The summed E-state index contributed by atoms with van der Waals surface area (Å²) in [5.74, 6) is -2.12. The van der Waals surface area contributed by atoms with E-state index in [1.54, 1.807) is 14.0 Å². The van der Waals surface area contributed by atoms with Gasteiger partial charge in [-0.25, -0.2) is 13.2 Å². The first kappa shape index (κ1) is 19.4. The number of carboxylic acids is 1. The Morgan fingerprint density at radius 2 is 1.85 bits per heavy atom. The molecule has 0 aliphatic carbocycles. The van der Waals surface area contributed by atoms with Crippen LogP contribution in [0.15, 0.2) is 21.6 Å². The van der Waals surface area contributed by atoms with Crippen LogP contribution in [0.1, 0.15) is 26.6 Å². The van der Waals surface area contributed by atoms with E-state index in [9.17, 15) is 18.0 Å². The quantitative estimate of drug-likeness (QED) is 0.781. The van der Waals surface area contributed by atoms with Crippen molar-refractivity contribution in [2.75, 3.05) is 26.2 Å². The van der Waals surface area contributed by atoms with Crippen molar-refractivity contribution in [1.82, 2.24) is 19.0 Å². The van der Waals surface area contributed by atoms with E-state index in [1.807, 2.05) is 0 Å². The Hall–Kier alpha value is -2.37. The van der Waals surface area contributed by atoms with Crippen molar-refractivity contribution in [2.45, 2.75) is 12.0 Å². The zero-order chi connectivity index (χ0) is 19.9. The lowest BCUT2D eigenvalue weighted by Crippen LogP contribution is -2.50. The molecule has 0 saturated carbocycles. The number of aryl methyl sites for hydroxylation is 2. The van der Waals surface area contributed by atoms with Crippen LogP contribution in [0.2, 0.25) is 5.15 Å². The van der Waals surface area contributed by atoms with Crippen LogP contribution in [0.3, 0.4) is 0 Å². The maximum absolute atomic E-state index is 12.7. The molecule has 0 atom stereocenters. The average Bonchev–Trinajstić information content (AvgIpc) is 3.21. The zero-order valence-electron chi connectivity index (χ0n) is 14.5. The number of nitrogens with zero attached hydrogens (tertiary/aromatic N) is 4. The molecule has 2 aromatic rings. The molecule has 1 amide bonds. The normalized spacial score (nSPS) is 15.9. The summed E-state index contributed by atoms with van der Waals surface area (Å²) in [4.78, 5) is 25.1. The first-order valence-corrected chi connectivity index (χ1v) is 9.76. The van der Waals surface area contributed by atoms with E-state index in [4.69, 9.17) is 21.1 Å². The number of sulfonamides is 1. The SMILES string of the molecule is Cc1nn(C)c(Cl)c1C(=O)N1CCN(S(=O)(=O)c2ccc(C(=O)O)o2)CC1. The van der Waals surface area contributed by atoms with Gasteiger partial charge in [0.05, 0.1) is 11.3 Å². The Balaban J connectivity index is 1.72. The summed E-state index contributed by atoms with van der Waals surface area (Å²) in [6.07, 6.45) is 0. The number of carboxylic acid groups (broad SMARTS) is 1. The van der Waals surface area contributed by atoms with Crippen LogP contribution in [-0.4, -0.2) is 70.6 Å². The fraction of sp³-hybridized carbons (Fsp3) is 0.400. The van der Waals surface area contributed by atoms with Gasteiger partial charge in [-0.15, -0.1) is 0 Å². The molecule has 1 fully saturated rings. The lowest BCUT2D eigenvalue weighted by molar-refractivity contribution is 0.0651. The van der Waals surface area contributed by atoms with E-state index in [1.165, 1.54) is 9.58 Å². The molecule has 1 saturated heterocycles. The maximum Gasteiger partial charge on any atom is 0.371 e. The number of piperazine rings is 1. The van der Waals surface area contributed by atoms with Crippen LogP contribution >= 0.6 is 11.6 Å². The Morgan fingerprint density at radius 3 is 2.33 bits per heavy atom. The summed E-state index contributed by atoms with van der Waals surface area (Å²) in [7, 11) is -2.35. The molecule has 10 nitrogen and oxygen atoms in total. The maximum atomic E-state index is 12.7. The lowest BCUT2D eigenvalue weighted by Gasteiger charge is -2.33. The Kier molecular flexibility index (Phi) is 5.02. The standard InChI is InChI=1S/C15H17ClN4O6S/c1-9-12(13(16)18(2)17-9)14(21)19-5-7-20(8-6-19)27(24,25)11-4-3-10(26-11)15(22)23/h3-4H,5-8H2,1-2H3,(H,22,23). The van der Waals surface area contributed by atoms with Gasteiger partial charge in [0.15, 0.2) is 0 Å². The Labute approximate surface area is 160 Å². The smallest absolute Gasteiger partial charge is 0.371 e. The molecule has 1 N–H and O–H groups in total. The third-order valence-electron chi connectivity index (χ3n) is 4.28. The van der Waals surface area contributed by atoms with Gasteiger partial charge in [-0.3, -0.25) is 9.48 Å². The number of aromatic nitrogens is 2. The zero-order valence-corrected chi connectivity index (χ0v) is 16.1. The molecule has 12 heteroatoms. The third kappa shape index (κ3) is 3.45. The van der Waals surface area contributed by atoms with Crippen LogP contribution < -0.4 is 0 Å². The topological polar surface area (TPSA) is 126 Å². The highest BCUT2D eigenvalue weighted by Gasteiger charge is 2.34. The number of furan rings is 1. The molecule has 0 bridgehead atoms. The molecule has 0 spiro atoms. The Morgan fingerprint density at radius 1 is 1.22 bits per heavy atom. The molecule has 1 aliphatic rings. The number of hydrogen-bond acceptors (Lipinski definition) is 6. The van der Waals surface area contributed by atoms with Gasteiger partial charge in [-0.1, -0.05) is 11.6 Å². The second-order valence-electron chi connectivity index (χ2n) is 5.99. The van der Waals surface area contributed by atoms with E-state index < -0.39 is 26.8 Å². The van der Waals surface area contributed by atoms with Crippen LogP contribution in [0.25, 0.3) is 0 Å². The molecule has 146 valence electrons. The van der Waals surface area contributed by atoms with Gasteiger partial charge in [0, 0.05) is 33.2 Å². The van der Waals surface area contributed by atoms with E-state index in [0.29, 0.717) is 11.3 Å². The van der Waals surface area contributed by atoms with Crippen LogP contribution in [0, 0.1) is 6.92 Å². The number of carbonyl (C=O) groups is 2. The molecular formula is C15H17ClN4O6S. The molecule has 3 heterocycles. The number of amides is 1. The van der Waals surface area contributed by atoms with Crippen LogP contribution in [0.4, 0.5) is 0 Å². The summed E-state index contributed by atoms with van der Waals surface area (Å²) in [6.45, 7) is 2.10. The first-order chi connectivity index (χ1) is 12.6. The van der Waals surface area contributed by atoms with Crippen molar-refractivity contribution in [1.29, 1.82) is 0 Å². The largest absolute Gasteiger partial charge is 0.475 e. The highest BCUT2D eigenvalue weighted by Crippen LogP contribution is 2.23. The second-order valence-corrected chi connectivity index (χ2v) is 8.22. The van der Waals surface area contributed by atoms with Gasteiger partial charge in [0.1, 0.15) is 5.15 Å².